The summed E-state index contributed by atoms with van der Waals surface area (Å²) in [6.07, 6.45) is 0. The highest BCUT2D eigenvalue weighted by Crippen LogP contribution is 1.86. The van der Waals surface area contributed by atoms with Crippen molar-refractivity contribution in [1.82, 2.24) is 20.9 Å². The van der Waals surface area contributed by atoms with Gasteiger partial charge in [-0.2, -0.15) is 0 Å². The summed E-state index contributed by atoms with van der Waals surface area (Å²) in [4.78, 5) is 20.8. The van der Waals surface area contributed by atoms with E-state index in [9.17, 15) is 4.79 Å². The van der Waals surface area contributed by atoms with Crippen LogP contribution in [0.1, 0.15) is 6.92 Å². The molecular weight excluding hydrogens is 284 g/mol. The number of nitrogens with zero attached hydrogens (tertiary/aromatic N) is 3. The number of Topliss-reactive ketones (excluding diaryl/α,β-unsaturated/α-hetero) is 1. The molecule has 0 aromatic rings. The predicted octanol–water partition coefficient (Wildman–Crippen LogP) is -2.46. The highest BCUT2D eigenvalue weighted by atomic mass is 16.1. The van der Waals surface area contributed by atoms with E-state index in [1.165, 1.54) is 0 Å². The van der Waals surface area contributed by atoms with Crippen LogP contribution in [0.2, 0.25) is 0 Å². The van der Waals surface area contributed by atoms with E-state index in [1.807, 2.05) is 0 Å². The quantitative estimate of drug-likeness (QED) is 0.162. The number of guanidine groups is 2. The van der Waals surface area contributed by atoms with Crippen molar-refractivity contribution in [2.45, 2.75) is 6.92 Å². The molecule has 0 amide bonds. The summed E-state index contributed by atoms with van der Waals surface area (Å²) in [6.45, 7) is 6.55. The van der Waals surface area contributed by atoms with E-state index in [4.69, 9.17) is 11.5 Å². The van der Waals surface area contributed by atoms with Crippen LogP contribution >= 0.6 is 0 Å². The molecule has 0 unspecified atom stereocenters. The van der Waals surface area contributed by atoms with Gasteiger partial charge in [0.15, 0.2) is 11.9 Å². The Morgan fingerprint density at radius 2 is 1.41 bits per heavy atom. The molecule has 0 aliphatic carbocycles. The van der Waals surface area contributed by atoms with E-state index >= 15 is 0 Å². The Labute approximate surface area is 132 Å². The van der Waals surface area contributed by atoms with Crippen LogP contribution in [-0.4, -0.2) is 82.5 Å². The molecule has 9 nitrogen and oxygen atoms in total. The Hall–Kier alpha value is -1.87. The van der Waals surface area contributed by atoms with Crippen LogP contribution in [0.15, 0.2) is 9.98 Å². The monoisotopic (exact) mass is 314 g/mol. The van der Waals surface area contributed by atoms with E-state index in [1.54, 1.807) is 21.0 Å². The largest absolute Gasteiger partial charge is 0.370 e. The second-order valence-corrected chi connectivity index (χ2v) is 4.79. The van der Waals surface area contributed by atoms with Crippen molar-refractivity contribution in [2.75, 3.05) is 59.9 Å². The van der Waals surface area contributed by atoms with Crippen LogP contribution in [0, 0.1) is 0 Å². The zero-order valence-electron chi connectivity index (χ0n) is 13.9. The van der Waals surface area contributed by atoms with Gasteiger partial charge in [0.2, 0.25) is 0 Å². The lowest BCUT2D eigenvalue weighted by atomic mass is 10.4. The van der Waals surface area contributed by atoms with E-state index in [0.717, 1.165) is 26.2 Å². The number of carbonyl (C=O) groups is 1. The van der Waals surface area contributed by atoms with E-state index in [-0.39, 0.29) is 5.78 Å². The van der Waals surface area contributed by atoms with Crippen molar-refractivity contribution in [1.29, 1.82) is 0 Å². The molecule has 0 saturated carbocycles. The number of hydrogen-bond acceptors (Lipinski definition) is 5. The Morgan fingerprint density at radius 1 is 0.955 bits per heavy atom. The van der Waals surface area contributed by atoms with Crippen molar-refractivity contribution in [3.05, 3.63) is 0 Å². The fourth-order valence-electron chi connectivity index (χ4n) is 1.68. The van der Waals surface area contributed by atoms with Crippen molar-refractivity contribution < 1.29 is 4.79 Å². The molecule has 22 heavy (non-hydrogen) atoms. The Morgan fingerprint density at radius 3 is 1.82 bits per heavy atom. The Kier molecular flexibility index (Phi) is 11.7. The molecule has 0 aliphatic heterocycles. The number of carbonyl (C=O) groups excluding carboxylic acids is 1. The topological polar surface area (TPSA) is 133 Å². The van der Waals surface area contributed by atoms with Gasteiger partial charge in [-0.3, -0.25) is 19.7 Å². The lowest BCUT2D eigenvalue weighted by molar-refractivity contribution is -0.116. The molecule has 0 aliphatic rings. The van der Waals surface area contributed by atoms with Gasteiger partial charge in [-0.15, -0.1) is 0 Å². The van der Waals surface area contributed by atoms with Crippen LogP contribution < -0.4 is 27.4 Å². The van der Waals surface area contributed by atoms with Crippen LogP contribution in [0.3, 0.4) is 0 Å². The minimum atomic E-state index is 0.133. The number of aliphatic imine (C=N–C) groups is 2. The van der Waals surface area contributed by atoms with E-state index in [0.29, 0.717) is 31.6 Å². The van der Waals surface area contributed by atoms with Gasteiger partial charge in [-0.05, 0) is 6.92 Å². The molecule has 9 heteroatoms. The number of hydrogen-bond donors (Lipinski definition) is 5. The summed E-state index contributed by atoms with van der Waals surface area (Å²) in [5.41, 5.74) is 11.2. The van der Waals surface area contributed by atoms with Gasteiger partial charge in [0.1, 0.15) is 5.78 Å². The molecule has 7 N–H and O–H groups in total. The van der Waals surface area contributed by atoms with Crippen LogP contribution in [0.4, 0.5) is 0 Å². The fraction of sp³-hybridized carbons (Fsp3) is 0.769. The van der Waals surface area contributed by atoms with Crippen molar-refractivity contribution in [3.63, 3.8) is 0 Å². The molecule has 0 spiro atoms. The molecule has 0 aromatic carbocycles. The van der Waals surface area contributed by atoms with Crippen molar-refractivity contribution in [2.24, 2.45) is 21.5 Å². The smallest absolute Gasteiger partial charge is 0.188 e. The van der Waals surface area contributed by atoms with Crippen LogP contribution in [-0.2, 0) is 4.79 Å². The summed E-state index contributed by atoms with van der Waals surface area (Å²) in [5, 5.41) is 9.16. The molecule has 0 saturated heterocycles. The van der Waals surface area contributed by atoms with Gasteiger partial charge in [-0.25, -0.2) is 0 Å². The minimum Gasteiger partial charge on any atom is -0.370 e. The summed E-state index contributed by atoms with van der Waals surface area (Å²) in [7, 11) is 3.28. The highest BCUT2D eigenvalue weighted by Gasteiger charge is 2.05. The predicted molar refractivity (Wildman–Crippen MR) is 91.1 cm³/mol. The van der Waals surface area contributed by atoms with Crippen molar-refractivity contribution >= 4 is 17.7 Å². The summed E-state index contributed by atoms with van der Waals surface area (Å²) in [5.74, 6) is 0.985. The van der Waals surface area contributed by atoms with Gasteiger partial charge in [0, 0.05) is 53.4 Å². The average molecular weight is 314 g/mol. The molecular formula is C13H30N8O. The van der Waals surface area contributed by atoms with Crippen molar-refractivity contribution in [3.8, 4) is 0 Å². The molecule has 0 atom stereocenters. The fourth-order valence-corrected chi connectivity index (χ4v) is 1.68. The Bertz CT molecular complexity index is 345. The first-order chi connectivity index (χ1) is 10.5. The lowest BCUT2D eigenvalue weighted by Crippen LogP contribution is -2.44. The first kappa shape index (κ1) is 20.1. The molecule has 0 radical (unpaired) electrons. The maximum Gasteiger partial charge on any atom is 0.188 e. The van der Waals surface area contributed by atoms with Gasteiger partial charge >= 0.3 is 0 Å². The third-order valence-corrected chi connectivity index (χ3v) is 2.93. The molecule has 0 aromatic heterocycles. The zero-order valence-corrected chi connectivity index (χ0v) is 13.9. The second-order valence-electron chi connectivity index (χ2n) is 4.79. The first-order valence-electron chi connectivity index (χ1n) is 7.34. The molecule has 0 fully saturated rings. The minimum absolute atomic E-state index is 0.133. The summed E-state index contributed by atoms with van der Waals surface area (Å²) >= 11 is 0. The summed E-state index contributed by atoms with van der Waals surface area (Å²) < 4.78 is 0. The molecule has 0 bridgehead atoms. The summed E-state index contributed by atoms with van der Waals surface area (Å²) in [6, 6.07) is 0. The first-order valence-corrected chi connectivity index (χ1v) is 7.34. The van der Waals surface area contributed by atoms with Gasteiger partial charge < -0.3 is 27.4 Å². The molecule has 0 heterocycles. The van der Waals surface area contributed by atoms with E-state index < -0.39 is 0 Å². The maximum atomic E-state index is 10.9. The molecule has 128 valence electrons. The highest BCUT2D eigenvalue weighted by molar-refractivity contribution is 5.78. The number of ketones is 1. The number of rotatable bonds is 11. The third-order valence-electron chi connectivity index (χ3n) is 2.93. The second kappa shape index (κ2) is 12.8. The SMILES string of the molecule is CN=C(N)NCCN(CCNCC(C)=O)CCNC(N)=NC. The molecule has 0 rings (SSSR count). The Balaban J connectivity index is 4.09. The standard InChI is InChI=1S/C13H30N8O/c1-11(22)10-18-4-7-21(8-5-19-12(14)16-2)9-6-20-13(15)17-3/h18H,4-10H2,1-3H3,(H3,14,16,19)(H3,15,17,20). The van der Waals surface area contributed by atoms with Gasteiger partial charge in [-0.1, -0.05) is 0 Å². The van der Waals surface area contributed by atoms with Crippen LogP contribution in [0.5, 0.6) is 0 Å². The zero-order chi connectivity index (χ0) is 16.8. The average Bonchev–Trinajstić information content (AvgIpc) is 2.50. The number of nitrogens with one attached hydrogen (secondary N) is 3. The van der Waals surface area contributed by atoms with Gasteiger partial charge in [0.25, 0.3) is 0 Å². The third kappa shape index (κ3) is 11.9. The normalized spacial score (nSPS) is 12.5. The lowest BCUT2D eigenvalue weighted by Gasteiger charge is -2.23. The van der Waals surface area contributed by atoms with E-state index in [2.05, 4.69) is 30.8 Å². The maximum absolute atomic E-state index is 10.9. The number of nitrogens with two attached hydrogens (primary N) is 2. The van der Waals surface area contributed by atoms with Crippen LogP contribution in [0.25, 0.3) is 0 Å². The van der Waals surface area contributed by atoms with Gasteiger partial charge in [0.05, 0.1) is 6.54 Å².